The van der Waals surface area contributed by atoms with Gasteiger partial charge in [0.25, 0.3) is 0 Å². The zero-order chi connectivity index (χ0) is 14.8. The van der Waals surface area contributed by atoms with E-state index in [-0.39, 0.29) is 11.9 Å². The summed E-state index contributed by atoms with van der Waals surface area (Å²) in [6.07, 6.45) is -4.45. The van der Waals surface area contributed by atoms with E-state index in [1.54, 1.807) is 12.1 Å². The highest BCUT2D eigenvalue weighted by Crippen LogP contribution is 2.29. The summed E-state index contributed by atoms with van der Waals surface area (Å²) in [5.74, 6) is 0.163. The van der Waals surface area contributed by atoms with Crippen LogP contribution in [0.3, 0.4) is 0 Å². The number of nitrogen functional groups attached to an aromatic ring is 1. The summed E-state index contributed by atoms with van der Waals surface area (Å²) in [4.78, 5) is 3.56. The Kier molecular flexibility index (Phi) is 3.83. The summed E-state index contributed by atoms with van der Waals surface area (Å²) in [6.45, 7) is 1.81. The molecule has 106 valence electrons. The van der Waals surface area contributed by atoms with E-state index in [0.717, 1.165) is 11.6 Å². The van der Waals surface area contributed by atoms with Crippen molar-refractivity contribution < 1.29 is 13.2 Å². The van der Waals surface area contributed by atoms with E-state index in [1.165, 1.54) is 12.1 Å². The van der Waals surface area contributed by atoms with Gasteiger partial charge in [-0.25, -0.2) is 4.98 Å². The topological polar surface area (TPSA) is 50.9 Å². The van der Waals surface area contributed by atoms with Crippen LogP contribution in [0.1, 0.15) is 24.2 Å². The van der Waals surface area contributed by atoms with Crippen LogP contribution in [-0.2, 0) is 6.18 Å². The molecule has 1 aromatic heterocycles. The molecule has 3 nitrogen and oxygen atoms in total. The average Bonchev–Trinajstić information content (AvgIpc) is 2.38. The number of halogens is 3. The normalized spacial score (nSPS) is 13.0. The first kappa shape index (κ1) is 14.2. The number of rotatable bonds is 3. The average molecular weight is 281 g/mol. The summed E-state index contributed by atoms with van der Waals surface area (Å²) < 4.78 is 37.7. The highest BCUT2D eigenvalue weighted by molar-refractivity contribution is 5.51. The lowest BCUT2D eigenvalue weighted by Crippen LogP contribution is -2.13. The predicted molar refractivity (Wildman–Crippen MR) is 72.1 cm³/mol. The summed E-state index contributed by atoms with van der Waals surface area (Å²) >= 11 is 0. The largest absolute Gasteiger partial charge is 0.433 e. The maximum atomic E-state index is 12.6. The van der Waals surface area contributed by atoms with E-state index in [4.69, 9.17) is 5.73 Å². The smallest absolute Gasteiger partial charge is 0.398 e. The van der Waals surface area contributed by atoms with Crippen molar-refractivity contribution >= 4 is 11.5 Å². The van der Waals surface area contributed by atoms with Crippen LogP contribution in [0.15, 0.2) is 42.5 Å². The van der Waals surface area contributed by atoms with E-state index in [2.05, 4.69) is 10.3 Å². The fourth-order valence-corrected chi connectivity index (χ4v) is 1.88. The monoisotopic (exact) mass is 281 g/mol. The van der Waals surface area contributed by atoms with Gasteiger partial charge in [0.05, 0.1) is 6.04 Å². The van der Waals surface area contributed by atoms with Crippen molar-refractivity contribution in [2.45, 2.75) is 19.1 Å². The minimum atomic E-state index is -4.45. The van der Waals surface area contributed by atoms with Crippen LogP contribution < -0.4 is 11.1 Å². The molecular weight excluding hydrogens is 267 g/mol. The zero-order valence-corrected chi connectivity index (χ0v) is 10.8. The molecule has 1 heterocycles. The maximum Gasteiger partial charge on any atom is 0.433 e. The van der Waals surface area contributed by atoms with Gasteiger partial charge in [0, 0.05) is 5.69 Å². The van der Waals surface area contributed by atoms with Gasteiger partial charge in [0.2, 0.25) is 0 Å². The molecule has 0 saturated heterocycles. The van der Waals surface area contributed by atoms with Crippen LogP contribution in [0.5, 0.6) is 0 Å². The van der Waals surface area contributed by atoms with Crippen molar-refractivity contribution in [3.8, 4) is 0 Å². The Morgan fingerprint density at radius 1 is 1.10 bits per heavy atom. The summed E-state index contributed by atoms with van der Waals surface area (Å²) in [5, 5.41) is 2.92. The van der Waals surface area contributed by atoms with Crippen LogP contribution in [-0.4, -0.2) is 4.98 Å². The molecule has 0 saturated carbocycles. The van der Waals surface area contributed by atoms with Crippen molar-refractivity contribution in [2.75, 3.05) is 11.1 Å². The first-order valence-corrected chi connectivity index (χ1v) is 6.03. The number of nitrogens with two attached hydrogens (primary N) is 1. The molecule has 3 N–H and O–H groups in total. The first-order chi connectivity index (χ1) is 9.38. The number of benzene rings is 1. The third-order valence-electron chi connectivity index (χ3n) is 2.87. The van der Waals surface area contributed by atoms with E-state index in [0.29, 0.717) is 5.69 Å². The van der Waals surface area contributed by atoms with Crippen molar-refractivity contribution in [3.63, 3.8) is 0 Å². The molecule has 1 atom stereocenters. The number of nitrogens with one attached hydrogen (secondary N) is 1. The molecule has 1 unspecified atom stereocenters. The van der Waals surface area contributed by atoms with Gasteiger partial charge in [-0.1, -0.05) is 24.3 Å². The van der Waals surface area contributed by atoms with Crippen molar-refractivity contribution in [1.29, 1.82) is 0 Å². The Balaban J connectivity index is 2.20. The Bertz CT molecular complexity index is 596. The molecule has 2 aromatic rings. The van der Waals surface area contributed by atoms with E-state index < -0.39 is 11.9 Å². The molecule has 2 rings (SSSR count). The molecule has 0 radical (unpaired) electrons. The maximum absolute atomic E-state index is 12.6. The number of hydrogen-bond acceptors (Lipinski definition) is 3. The van der Waals surface area contributed by atoms with Gasteiger partial charge in [-0.15, -0.1) is 0 Å². The second-order valence-electron chi connectivity index (χ2n) is 4.40. The minimum Gasteiger partial charge on any atom is -0.398 e. The van der Waals surface area contributed by atoms with Gasteiger partial charge >= 0.3 is 6.18 Å². The summed E-state index contributed by atoms with van der Waals surface area (Å²) in [5.41, 5.74) is 6.31. The quantitative estimate of drug-likeness (QED) is 0.840. The highest BCUT2D eigenvalue weighted by atomic mass is 19.4. The van der Waals surface area contributed by atoms with Gasteiger partial charge in [-0.2, -0.15) is 13.2 Å². The van der Waals surface area contributed by atoms with Crippen LogP contribution in [0.2, 0.25) is 0 Å². The van der Waals surface area contributed by atoms with Crippen LogP contribution in [0.25, 0.3) is 0 Å². The van der Waals surface area contributed by atoms with E-state index >= 15 is 0 Å². The van der Waals surface area contributed by atoms with Gasteiger partial charge in [0.15, 0.2) is 0 Å². The van der Waals surface area contributed by atoms with Crippen molar-refractivity contribution in [3.05, 3.63) is 53.7 Å². The molecule has 6 heteroatoms. The van der Waals surface area contributed by atoms with Crippen molar-refractivity contribution in [2.24, 2.45) is 0 Å². The van der Waals surface area contributed by atoms with Crippen molar-refractivity contribution in [1.82, 2.24) is 4.98 Å². The predicted octanol–water partition coefficient (Wildman–Crippen LogP) is 3.86. The number of anilines is 2. The number of hydrogen-bond donors (Lipinski definition) is 2. The molecule has 20 heavy (non-hydrogen) atoms. The second kappa shape index (κ2) is 5.40. The highest BCUT2D eigenvalue weighted by Gasteiger charge is 2.32. The second-order valence-corrected chi connectivity index (χ2v) is 4.40. The first-order valence-electron chi connectivity index (χ1n) is 6.03. The Morgan fingerprint density at radius 2 is 1.80 bits per heavy atom. The molecule has 0 aliphatic heterocycles. The molecule has 0 fully saturated rings. The molecule has 0 aliphatic carbocycles. The van der Waals surface area contributed by atoms with Gasteiger partial charge in [0.1, 0.15) is 11.5 Å². The van der Waals surface area contributed by atoms with Gasteiger partial charge < -0.3 is 11.1 Å². The zero-order valence-electron chi connectivity index (χ0n) is 10.8. The molecule has 0 spiro atoms. The lowest BCUT2D eigenvalue weighted by atomic mass is 10.1. The van der Waals surface area contributed by atoms with Gasteiger partial charge in [-0.05, 0) is 30.7 Å². The number of nitrogens with zero attached hydrogens (tertiary/aromatic N) is 1. The Labute approximate surface area is 114 Å². The van der Waals surface area contributed by atoms with E-state index in [9.17, 15) is 13.2 Å². The van der Waals surface area contributed by atoms with Crippen LogP contribution >= 0.6 is 0 Å². The standard InChI is InChI=1S/C14H14F3N3/c1-9(10-5-2-3-6-11(10)18)19-13-8-4-7-12(20-13)14(15,16)17/h2-9H,18H2,1H3,(H,19,20). The third-order valence-corrected chi connectivity index (χ3v) is 2.87. The molecule has 0 amide bonds. The van der Waals surface area contributed by atoms with Crippen LogP contribution in [0.4, 0.5) is 24.7 Å². The fourth-order valence-electron chi connectivity index (χ4n) is 1.88. The van der Waals surface area contributed by atoms with Gasteiger partial charge in [-0.3, -0.25) is 0 Å². The Morgan fingerprint density at radius 3 is 2.45 bits per heavy atom. The molecule has 0 aliphatic rings. The molecular formula is C14H14F3N3. The summed E-state index contributed by atoms with van der Waals surface area (Å²) in [6, 6.07) is 10.7. The number of alkyl halides is 3. The lowest BCUT2D eigenvalue weighted by Gasteiger charge is -2.17. The summed E-state index contributed by atoms with van der Waals surface area (Å²) in [7, 11) is 0. The minimum absolute atomic E-state index is 0.163. The number of para-hydroxylation sites is 1. The number of aromatic nitrogens is 1. The van der Waals surface area contributed by atoms with E-state index in [1.807, 2.05) is 19.1 Å². The Hall–Kier alpha value is -2.24. The fraction of sp³-hybridized carbons (Fsp3) is 0.214. The molecule has 0 bridgehead atoms. The number of pyridine rings is 1. The van der Waals surface area contributed by atoms with Crippen LogP contribution in [0, 0.1) is 0 Å². The SMILES string of the molecule is CC(Nc1cccc(C(F)(F)F)n1)c1ccccc1N. The third kappa shape index (κ3) is 3.20. The molecule has 1 aromatic carbocycles. The lowest BCUT2D eigenvalue weighted by molar-refractivity contribution is -0.141.